The minimum atomic E-state index is -0.254. The van der Waals surface area contributed by atoms with Crippen molar-refractivity contribution in [1.29, 1.82) is 5.26 Å². The van der Waals surface area contributed by atoms with Crippen LogP contribution in [-0.2, 0) is 20.7 Å². The van der Waals surface area contributed by atoms with Gasteiger partial charge in [0.25, 0.3) is 0 Å². The average molecular weight is 275 g/mol. The van der Waals surface area contributed by atoms with Crippen LogP contribution in [0.15, 0.2) is 24.3 Å². The molecule has 0 unspecified atom stereocenters. The number of benzene rings is 1. The fraction of sp³-hybridized carbons (Fsp3) is 0.357. The highest BCUT2D eigenvalue weighted by molar-refractivity contribution is 5.85. The molecule has 1 rings (SSSR count). The third-order valence-electron chi connectivity index (χ3n) is 2.52. The molecule has 0 atom stereocenters. The molecule has 106 valence electrons. The lowest BCUT2D eigenvalue weighted by atomic mass is 10.1. The molecule has 0 bridgehead atoms. The summed E-state index contributed by atoms with van der Waals surface area (Å²) >= 11 is 0. The lowest BCUT2D eigenvalue weighted by Crippen LogP contribution is -2.38. The van der Waals surface area contributed by atoms with E-state index in [0.717, 1.165) is 5.56 Å². The van der Waals surface area contributed by atoms with Crippen molar-refractivity contribution in [3.05, 3.63) is 35.4 Å². The van der Waals surface area contributed by atoms with E-state index in [1.165, 1.54) is 0 Å². The van der Waals surface area contributed by atoms with E-state index in [4.69, 9.17) is 10.00 Å². The monoisotopic (exact) mass is 275 g/mol. The van der Waals surface area contributed by atoms with Gasteiger partial charge in [0.1, 0.15) is 0 Å². The van der Waals surface area contributed by atoms with Crippen LogP contribution in [0.3, 0.4) is 0 Å². The molecule has 0 aliphatic rings. The fourth-order valence-corrected chi connectivity index (χ4v) is 1.48. The number of nitrogens with zero attached hydrogens (tertiary/aromatic N) is 1. The van der Waals surface area contributed by atoms with E-state index in [1.807, 2.05) is 6.07 Å². The van der Waals surface area contributed by atoms with Gasteiger partial charge < -0.3 is 15.4 Å². The maximum absolute atomic E-state index is 11.6. The lowest BCUT2D eigenvalue weighted by Gasteiger charge is -2.06. The van der Waals surface area contributed by atoms with E-state index in [0.29, 0.717) is 18.7 Å². The van der Waals surface area contributed by atoms with E-state index < -0.39 is 0 Å². The van der Waals surface area contributed by atoms with E-state index in [9.17, 15) is 9.59 Å². The summed E-state index contributed by atoms with van der Waals surface area (Å²) in [6.45, 7) is 0.796. The summed E-state index contributed by atoms with van der Waals surface area (Å²) in [4.78, 5) is 23.0. The first-order valence-corrected chi connectivity index (χ1v) is 6.17. The summed E-state index contributed by atoms with van der Waals surface area (Å²) in [5, 5.41) is 13.8. The smallest absolute Gasteiger partial charge is 0.239 e. The fourth-order valence-electron chi connectivity index (χ4n) is 1.48. The van der Waals surface area contributed by atoms with Gasteiger partial charge in [0.15, 0.2) is 0 Å². The van der Waals surface area contributed by atoms with Gasteiger partial charge in [-0.1, -0.05) is 12.1 Å². The van der Waals surface area contributed by atoms with Crippen molar-refractivity contribution < 1.29 is 14.3 Å². The van der Waals surface area contributed by atoms with Gasteiger partial charge in [-0.3, -0.25) is 9.59 Å². The van der Waals surface area contributed by atoms with Crippen LogP contribution in [0.1, 0.15) is 11.1 Å². The zero-order chi connectivity index (χ0) is 14.8. The number of ether oxygens (including phenoxy) is 1. The molecule has 1 aromatic rings. The van der Waals surface area contributed by atoms with Gasteiger partial charge in [-0.2, -0.15) is 5.26 Å². The third kappa shape index (κ3) is 5.98. The van der Waals surface area contributed by atoms with Crippen LogP contribution in [0.2, 0.25) is 0 Å². The van der Waals surface area contributed by atoms with Gasteiger partial charge in [0.05, 0.1) is 31.2 Å². The second-order valence-corrected chi connectivity index (χ2v) is 4.10. The zero-order valence-corrected chi connectivity index (χ0v) is 11.3. The van der Waals surface area contributed by atoms with Crippen LogP contribution >= 0.6 is 0 Å². The maximum atomic E-state index is 11.6. The Morgan fingerprint density at radius 2 is 1.90 bits per heavy atom. The first-order valence-electron chi connectivity index (χ1n) is 6.17. The Labute approximate surface area is 117 Å². The molecule has 0 saturated carbocycles. The maximum Gasteiger partial charge on any atom is 0.239 e. The van der Waals surface area contributed by atoms with E-state index in [-0.39, 0.29) is 24.8 Å². The standard InChI is InChI=1S/C14H17N3O3/c1-20-7-6-16-14(19)10-17-13(18)8-11-2-4-12(9-15)5-3-11/h2-5H,6-8,10H2,1H3,(H,16,19)(H,17,18). The highest BCUT2D eigenvalue weighted by Crippen LogP contribution is 2.03. The molecule has 20 heavy (non-hydrogen) atoms. The Kier molecular flexibility index (Phi) is 6.79. The van der Waals surface area contributed by atoms with Gasteiger partial charge in [-0.15, -0.1) is 0 Å². The number of nitriles is 1. The van der Waals surface area contributed by atoms with Crippen LogP contribution in [0.25, 0.3) is 0 Å². The molecule has 0 heterocycles. The second-order valence-electron chi connectivity index (χ2n) is 4.10. The zero-order valence-electron chi connectivity index (χ0n) is 11.3. The molecule has 0 saturated heterocycles. The summed E-state index contributed by atoms with van der Waals surface area (Å²) in [5.74, 6) is -0.494. The molecule has 0 fully saturated rings. The normalized spacial score (nSPS) is 9.60. The van der Waals surface area contributed by atoms with Crippen molar-refractivity contribution in [2.75, 3.05) is 26.8 Å². The number of nitrogens with one attached hydrogen (secondary N) is 2. The summed E-state index contributed by atoms with van der Waals surface area (Å²) in [6, 6.07) is 8.75. The second kappa shape index (κ2) is 8.67. The average Bonchev–Trinajstić information content (AvgIpc) is 2.46. The molecule has 0 aromatic heterocycles. The Balaban J connectivity index is 2.29. The first-order chi connectivity index (χ1) is 9.65. The Morgan fingerprint density at radius 1 is 1.20 bits per heavy atom. The van der Waals surface area contributed by atoms with Crippen molar-refractivity contribution in [3.8, 4) is 6.07 Å². The van der Waals surface area contributed by atoms with Crippen LogP contribution in [0, 0.1) is 11.3 Å². The summed E-state index contributed by atoms with van der Waals surface area (Å²) in [5.41, 5.74) is 1.34. The van der Waals surface area contributed by atoms with Crippen molar-refractivity contribution in [1.82, 2.24) is 10.6 Å². The first kappa shape index (κ1) is 15.7. The van der Waals surface area contributed by atoms with Gasteiger partial charge >= 0.3 is 0 Å². The number of methoxy groups -OCH3 is 1. The van der Waals surface area contributed by atoms with Gasteiger partial charge in [-0.25, -0.2) is 0 Å². The molecule has 2 amide bonds. The van der Waals surface area contributed by atoms with Crippen molar-refractivity contribution in [2.24, 2.45) is 0 Å². The van der Waals surface area contributed by atoms with Crippen LogP contribution in [0.5, 0.6) is 0 Å². The summed E-state index contributed by atoms with van der Waals surface area (Å²) < 4.78 is 4.79. The number of hydrogen-bond acceptors (Lipinski definition) is 4. The van der Waals surface area contributed by atoms with Gasteiger partial charge in [0, 0.05) is 13.7 Å². The van der Waals surface area contributed by atoms with Gasteiger partial charge in [-0.05, 0) is 17.7 Å². The Bertz CT molecular complexity index is 491. The molecule has 0 aliphatic carbocycles. The molecule has 2 N–H and O–H groups in total. The van der Waals surface area contributed by atoms with Gasteiger partial charge in [0.2, 0.25) is 11.8 Å². The number of carbonyl (C=O) groups is 2. The minimum absolute atomic E-state index is 0.0567. The van der Waals surface area contributed by atoms with Crippen molar-refractivity contribution in [2.45, 2.75) is 6.42 Å². The van der Waals surface area contributed by atoms with Crippen LogP contribution in [0.4, 0.5) is 0 Å². The molecule has 1 aromatic carbocycles. The molecular weight excluding hydrogens is 258 g/mol. The Hall–Kier alpha value is -2.39. The largest absolute Gasteiger partial charge is 0.383 e. The topological polar surface area (TPSA) is 91.2 Å². The molecule has 0 radical (unpaired) electrons. The summed E-state index contributed by atoms with van der Waals surface area (Å²) in [6.07, 6.45) is 0.178. The highest BCUT2D eigenvalue weighted by atomic mass is 16.5. The van der Waals surface area contributed by atoms with Crippen molar-refractivity contribution in [3.63, 3.8) is 0 Å². The molecule has 0 aliphatic heterocycles. The Morgan fingerprint density at radius 3 is 2.50 bits per heavy atom. The molecule has 6 heteroatoms. The van der Waals surface area contributed by atoms with Crippen LogP contribution in [-0.4, -0.2) is 38.6 Å². The summed E-state index contributed by atoms with van der Waals surface area (Å²) in [7, 11) is 1.55. The predicted octanol–water partition coefficient (Wildman–Crippen LogP) is -0.0204. The molecule has 6 nitrogen and oxygen atoms in total. The van der Waals surface area contributed by atoms with Crippen LogP contribution < -0.4 is 10.6 Å². The van der Waals surface area contributed by atoms with Crippen molar-refractivity contribution >= 4 is 11.8 Å². The minimum Gasteiger partial charge on any atom is -0.383 e. The number of rotatable bonds is 7. The quantitative estimate of drug-likeness (QED) is 0.684. The molecular formula is C14H17N3O3. The lowest BCUT2D eigenvalue weighted by molar-refractivity contribution is -0.125. The SMILES string of the molecule is COCCNC(=O)CNC(=O)Cc1ccc(C#N)cc1. The predicted molar refractivity (Wildman–Crippen MR) is 72.8 cm³/mol. The third-order valence-corrected chi connectivity index (χ3v) is 2.52. The molecule has 0 spiro atoms. The number of hydrogen-bond donors (Lipinski definition) is 2. The van der Waals surface area contributed by atoms with E-state index in [1.54, 1.807) is 31.4 Å². The van der Waals surface area contributed by atoms with E-state index >= 15 is 0 Å². The highest BCUT2D eigenvalue weighted by Gasteiger charge is 2.06. The van der Waals surface area contributed by atoms with E-state index in [2.05, 4.69) is 10.6 Å². The number of carbonyl (C=O) groups excluding carboxylic acids is 2. The number of amides is 2.